The molecule has 2 amide bonds. The standard InChI is InChI=1S/C20H15ClF4N4O3/c1-9-14-15(23)13(8-26-17(14)29(25)16(9)24)28-3-2-20(32,19(28)31)18(30)27-7-10-4-11(21)6-12(22)5-10/h4-6,8,32H,2-3,7H2,1H3,(H,27,30). The van der Waals surface area contributed by atoms with Gasteiger partial charge < -0.3 is 15.3 Å². The Morgan fingerprint density at radius 3 is 2.72 bits per heavy atom. The number of carbonyl (C=O) groups excluding carboxylic acids is 2. The van der Waals surface area contributed by atoms with Crippen molar-refractivity contribution in [2.24, 2.45) is 0 Å². The maximum Gasteiger partial charge on any atom is 0.269 e. The van der Waals surface area contributed by atoms with Gasteiger partial charge in [0.05, 0.1) is 17.3 Å². The number of benzene rings is 1. The number of fused-ring (bicyclic) bond motifs is 1. The Labute approximate surface area is 183 Å². The van der Waals surface area contributed by atoms with Gasteiger partial charge in [-0.05, 0) is 30.7 Å². The minimum Gasteiger partial charge on any atom is -0.372 e. The Morgan fingerprint density at radius 1 is 1.31 bits per heavy atom. The summed E-state index contributed by atoms with van der Waals surface area (Å²) >= 11 is 5.76. The fourth-order valence-corrected chi connectivity index (χ4v) is 3.91. The summed E-state index contributed by atoms with van der Waals surface area (Å²) in [6.45, 7) is 0.670. The van der Waals surface area contributed by atoms with Gasteiger partial charge >= 0.3 is 0 Å². The number of amides is 2. The van der Waals surface area contributed by atoms with E-state index in [1.54, 1.807) is 0 Å². The molecule has 2 N–H and O–H groups in total. The highest BCUT2D eigenvalue weighted by atomic mass is 35.5. The van der Waals surface area contributed by atoms with E-state index in [0.29, 0.717) is 5.56 Å². The number of hydrogen-bond donors (Lipinski definition) is 2. The Balaban J connectivity index is 1.58. The predicted octanol–water partition coefficient (Wildman–Crippen LogP) is 2.93. The van der Waals surface area contributed by atoms with Gasteiger partial charge in [0.1, 0.15) is 5.82 Å². The summed E-state index contributed by atoms with van der Waals surface area (Å²) in [7, 11) is 0. The van der Waals surface area contributed by atoms with E-state index in [9.17, 15) is 28.0 Å². The predicted molar refractivity (Wildman–Crippen MR) is 106 cm³/mol. The number of nitrogens with one attached hydrogen (secondary N) is 1. The van der Waals surface area contributed by atoms with E-state index in [1.165, 1.54) is 6.07 Å². The van der Waals surface area contributed by atoms with Crippen LogP contribution in [0.4, 0.5) is 23.3 Å². The number of aromatic nitrogens is 2. The zero-order chi connectivity index (χ0) is 23.4. The highest BCUT2D eigenvalue weighted by Crippen LogP contribution is 2.35. The van der Waals surface area contributed by atoms with Crippen LogP contribution >= 0.6 is 11.6 Å². The molecule has 0 saturated carbocycles. The zero-order valence-corrected chi connectivity index (χ0v) is 17.2. The first-order valence-corrected chi connectivity index (χ1v) is 9.71. The van der Waals surface area contributed by atoms with Gasteiger partial charge in [-0.3, -0.25) is 9.59 Å². The van der Waals surface area contributed by atoms with Crippen molar-refractivity contribution in [3.05, 3.63) is 58.1 Å². The van der Waals surface area contributed by atoms with Crippen LogP contribution in [0.1, 0.15) is 17.5 Å². The van der Waals surface area contributed by atoms with E-state index in [-0.39, 0.29) is 30.1 Å². The maximum atomic E-state index is 15.0. The van der Waals surface area contributed by atoms with Crippen LogP contribution in [0.2, 0.25) is 5.02 Å². The van der Waals surface area contributed by atoms with Gasteiger partial charge in [0, 0.05) is 30.1 Å². The number of nitrogens with zero attached hydrogens (tertiary/aromatic N) is 3. The monoisotopic (exact) mass is 470 g/mol. The smallest absolute Gasteiger partial charge is 0.269 e. The lowest BCUT2D eigenvalue weighted by Crippen LogP contribution is -2.52. The second-order valence-electron chi connectivity index (χ2n) is 7.38. The minimum absolute atomic E-state index is 0.100. The summed E-state index contributed by atoms with van der Waals surface area (Å²) < 4.78 is 56.1. The van der Waals surface area contributed by atoms with Crippen LogP contribution in [0.3, 0.4) is 0 Å². The highest BCUT2D eigenvalue weighted by Gasteiger charge is 2.52. The molecule has 1 unspecified atom stereocenters. The second kappa shape index (κ2) is 7.75. The van der Waals surface area contributed by atoms with E-state index in [1.807, 2.05) is 0 Å². The summed E-state index contributed by atoms with van der Waals surface area (Å²) in [5.74, 6) is -5.28. The van der Waals surface area contributed by atoms with E-state index < -0.39 is 56.5 Å². The van der Waals surface area contributed by atoms with Crippen molar-refractivity contribution in [3.8, 4) is 0 Å². The second-order valence-corrected chi connectivity index (χ2v) is 7.82. The molecule has 2 aromatic heterocycles. The van der Waals surface area contributed by atoms with Crippen LogP contribution in [0.5, 0.6) is 0 Å². The third kappa shape index (κ3) is 3.37. The van der Waals surface area contributed by atoms with Crippen molar-refractivity contribution in [1.29, 1.82) is 0 Å². The summed E-state index contributed by atoms with van der Waals surface area (Å²) in [5, 5.41) is 12.7. The molecule has 3 heterocycles. The van der Waals surface area contributed by atoms with Crippen LogP contribution in [0.25, 0.3) is 11.0 Å². The van der Waals surface area contributed by atoms with Gasteiger partial charge in [-0.2, -0.15) is 4.39 Å². The average molecular weight is 471 g/mol. The summed E-state index contributed by atoms with van der Waals surface area (Å²) in [4.78, 5) is 29.4. The molecule has 1 aliphatic heterocycles. The largest absolute Gasteiger partial charge is 0.372 e. The van der Waals surface area contributed by atoms with Crippen molar-refractivity contribution < 1.29 is 32.3 Å². The fourth-order valence-electron chi connectivity index (χ4n) is 3.67. The molecule has 12 heteroatoms. The lowest BCUT2D eigenvalue weighted by Gasteiger charge is -2.22. The zero-order valence-electron chi connectivity index (χ0n) is 16.4. The summed E-state index contributed by atoms with van der Waals surface area (Å²) in [6, 6.07) is 3.59. The van der Waals surface area contributed by atoms with Gasteiger partial charge in [0.25, 0.3) is 11.8 Å². The van der Waals surface area contributed by atoms with Crippen LogP contribution in [0, 0.1) is 24.5 Å². The Morgan fingerprint density at radius 2 is 2.03 bits per heavy atom. The maximum absolute atomic E-state index is 15.0. The summed E-state index contributed by atoms with van der Waals surface area (Å²) in [6.07, 6.45) is 0.444. The van der Waals surface area contributed by atoms with E-state index >= 15 is 4.39 Å². The van der Waals surface area contributed by atoms with Crippen molar-refractivity contribution in [1.82, 2.24) is 15.1 Å². The molecule has 4 rings (SSSR count). The number of carbonyl (C=O) groups is 2. The third-order valence-electron chi connectivity index (χ3n) is 5.36. The molecule has 0 aliphatic carbocycles. The van der Waals surface area contributed by atoms with E-state index in [0.717, 1.165) is 30.2 Å². The Hall–Kier alpha value is -3.18. The van der Waals surface area contributed by atoms with Crippen LogP contribution in [-0.4, -0.2) is 38.8 Å². The van der Waals surface area contributed by atoms with Crippen LogP contribution < -0.4 is 10.2 Å². The molecule has 7 nitrogen and oxygen atoms in total. The third-order valence-corrected chi connectivity index (χ3v) is 5.58. The molecule has 3 aromatic rings. The first-order chi connectivity index (χ1) is 15.0. The molecule has 168 valence electrons. The van der Waals surface area contributed by atoms with E-state index in [2.05, 4.69) is 10.3 Å². The molecule has 0 radical (unpaired) electrons. The molecular formula is C20H15ClF4N4O3. The van der Waals surface area contributed by atoms with Crippen LogP contribution in [-0.2, 0) is 16.1 Å². The number of pyridine rings is 1. The molecule has 32 heavy (non-hydrogen) atoms. The number of aryl methyl sites for hydroxylation is 1. The number of halogens is 5. The van der Waals surface area contributed by atoms with Gasteiger partial charge in [-0.15, -0.1) is 4.79 Å². The first kappa shape index (κ1) is 22.0. The number of anilines is 1. The first-order valence-electron chi connectivity index (χ1n) is 9.33. The fraction of sp³-hybridized carbons (Fsp3) is 0.250. The molecule has 0 bridgehead atoms. The molecular weight excluding hydrogens is 456 g/mol. The van der Waals surface area contributed by atoms with Gasteiger partial charge in [0.15, 0.2) is 11.5 Å². The number of rotatable bonds is 4. The van der Waals surface area contributed by atoms with Crippen molar-refractivity contribution >= 4 is 40.1 Å². The quantitative estimate of drug-likeness (QED) is 0.453. The molecule has 1 fully saturated rings. The molecule has 1 aromatic carbocycles. The lowest BCUT2D eigenvalue weighted by atomic mass is 10.0. The molecule has 1 atom stereocenters. The topological polar surface area (TPSA) is 87.5 Å². The molecule has 1 aliphatic rings. The van der Waals surface area contributed by atoms with Crippen molar-refractivity contribution in [2.75, 3.05) is 11.4 Å². The van der Waals surface area contributed by atoms with Gasteiger partial charge in [-0.1, -0.05) is 16.1 Å². The number of hydrogen-bond acceptors (Lipinski definition) is 4. The highest BCUT2D eigenvalue weighted by molar-refractivity contribution is 6.30. The normalized spacial score (nSPS) is 18.6. The van der Waals surface area contributed by atoms with Crippen LogP contribution in [0.15, 0.2) is 24.4 Å². The average Bonchev–Trinajstić information content (AvgIpc) is 3.16. The lowest BCUT2D eigenvalue weighted by molar-refractivity contribution is -0.149. The van der Waals surface area contributed by atoms with Crippen molar-refractivity contribution in [2.45, 2.75) is 25.5 Å². The SMILES string of the molecule is Cc1c(F)n(F)c2ncc(N3CCC(O)(C(=O)NCc4cc(F)cc(Cl)c4)C3=O)c(F)c12. The Kier molecular flexibility index (Phi) is 5.33. The number of aliphatic hydroxyl groups is 1. The van der Waals surface area contributed by atoms with Gasteiger partial charge in [0.2, 0.25) is 11.5 Å². The van der Waals surface area contributed by atoms with E-state index in [4.69, 9.17) is 11.6 Å². The van der Waals surface area contributed by atoms with Gasteiger partial charge in [-0.25, -0.2) is 13.8 Å². The Bertz CT molecular complexity index is 1260. The summed E-state index contributed by atoms with van der Waals surface area (Å²) in [5.41, 5.74) is -3.61. The minimum atomic E-state index is -2.52. The van der Waals surface area contributed by atoms with Crippen molar-refractivity contribution in [3.63, 3.8) is 0 Å². The molecule has 0 spiro atoms. The molecule has 1 saturated heterocycles.